The monoisotopic (exact) mass is 329 g/mol. The van der Waals surface area contributed by atoms with Gasteiger partial charge in [-0.1, -0.05) is 36.7 Å². The zero-order valence-corrected chi connectivity index (χ0v) is 13.7. The van der Waals surface area contributed by atoms with Crippen LogP contribution in [-0.4, -0.2) is 11.4 Å². The predicted octanol–water partition coefficient (Wildman–Crippen LogP) is 4.53. The van der Waals surface area contributed by atoms with Crippen LogP contribution in [-0.2, 0) is 0 Å². The molecular formula is C15H21BrFNO. The first-order chi connectivity index (χ1) is 8.50. The molecular weight excluding hydrogens is 309 g/mol. The minimum absolute atomic E-state index is 0.0661. The Bertz CT molecular complexity index is 478. The van der Waals surface area contributed by atoms with Crippen molar-refractivity contribution in [3.63, 3.8) is 0 Å². The Kier molecular flexibility index (Phi) is 4.77. The van der Waals surface area contributed by atoms with Crippen LogP contribution in [0.25, 0.3) is 0 Å². The number of hydrogen-bond donors (Lipinski definition) is 1. The lowest BCUT2D eigenvalue weighted by Crippen LogP contribution is -2.46. The molecule has 0 heterocycles. The van der Waals surface area contributed by atoms with E-state index < -0.39 is 5.82 Å². The first-order valence-electron chi connectivity index (χ1n) is 6.28. The van der Waals surface area contributed by atoms with Gasteiger partial charge in [-0.2, -0.15) is 0 Å². The summed E-state index contributed by atoms with van der Waals surface area (Å²) in [6.07, 6.45) is 0.807. The van der Waals surface area contributed by atoms with Crippen LogP contribution >= 0.6 is 15.9 Å². The summed E-state index contributed by atoms with van der Waals surface area (Å²) >= 11 is 3.25. The molecule has 0 atom stereocenters. The largest absolute Gasteiger partial charge is 0.347 e. The molecule has 0 fully saturated rings. The van der Waals surface area contributed by atoms with Crippen LogP contribution in [0.3, 0.4) is 0 Å². The topological polar surface area (TPSA) is 29.1 Å². The molecule has 0 radical (unpaired) electrons. The highest BCUT2D eigenvalue weighted by molar-refractivity contribution is 9.10. The molecule has 19 heavy (non-hydrogen) atoms. The van der Waals surface area contributed by atoms with Gasteiger partial charge >= 0.3 is 0 Å². The van der Waals surface area contributed by atoms with E-state index in [1.54, 1.807) is 6.07 Å². The molecule has 0 saturated carbocycles. The van der Waals surface area contributed by atoms with Crippen molar-refractivity contribution in [1.29, 1.82) is 0 Å². The van der Waals surface area contributed by atoms with E-state index in [0.717, 1.165) is 6.42 Å². The lowest BCUT2D eigenvalue weighted by Gasteiger charge is -2.33. The van der Waals surface area contributed by atoms with Gasteiger partial charge in [-0.05, 0) is 43.9 Å². The molecule has 1 rings (SSSR count). The number of carbonyl (C=O) groups excluding carboxylic acids is 1. The summed E-state index contributed by atoms with van der Waals surface area (Å²) in [5.41, 5.74) is -0.229. The average Bonchev–Trinajstić information content (AvgIpc) is 2.16. The van der Waals surface area contributed by atoms with Crippen molar-refractivity contribution in [3.8, 4) is 0 Å². The molecule has 2 nitrogen and oxygen atoms in total. The Hall–Kier alpha value is -0.900. The third kappa shape index (κ3) is 5.31. The molecule has 1 aromatic carbocycles. The summed E-state index contributed by atoms with van der Waals surface area (Å²) in [6, 6.07) is 4.36. The van der Waals surface area contributed by atoms with Crippen molar-refractivity contribution in [2.75, 3.05) is 0 Å². The average molecular weight is 330 g/mol. The van der Waals surface area contributed by atoms with Gasteiger partial charge in [0, 0.05) is 10.0 Å². The fourth-order valence-corrected chi connectivity index (χ4v) is 2.78. The molecule has 0 bridgehead atoms. The summed E-state index contributed by atoms with van der Waals surface area (Å²) in [5, 5.41) is 2.90. The molecule has 1 amide bonds. The number of halogens is 2. The van der Waals surface area contributed by atoms with Crippen LogP contribution in [0.2, 0.25) is 0 Å². The fraction of sp³-hybridized carbons (Fsp3) is 0.533. The molecule has 4 heteroatoms. The number of hydrogen-bond acceptors (Lipinski definition) is 1. The van der Waals surface area contributed by atoms with E-state index >= 15 is 0 Å². The van der Waals surface area contributed by atoms with Crippen molar-refractivity contribution in [1.82, 2.24) is 5.32 Å². The summed E-state index contributed by atoms with van der Waals surface area (Å²) in [7, 11) is 0. The summed E-state index contributed by atoms with van der Waals surface area (Å²) in [6.45, 7) is 10.2. The second-order valence-electron chi connectivity index (χ2n) is 6.70. The Labute approximate surface area is 122 Å². The Morgan fingerprint density at radius 1 is 1.26 bits per heavy atom. The molecule has 0 aromatic heterocycles. The Morgan fingerprint density at radius 2 is 1.84 bits per heavy atom. The number of amides is 1. The molecule has 106 valence electrons. The second-order valence-corrected chi connectivity index (χ2v) is 7.62. The van der Waals surface area contributed by atoms with E-state index in [-0.39, 0.29) is 22.4 Å². The van der Waals surface area contributed by atoms with Gasteiger partial charge in [-0.15, -0.1) is 0 Å². The zero-order chi connectivity index (χ0) is 14.8. The molecule has 0 unspecified atom stereocenters. The normalized spacial score (nSPS) is 12.4. The minimum Gasteiger partial charge on any atom is -0.347 e. The van der Waals surface area contributed by atoms with Crippen LogP contribution in [0.15, 0.2) is 22.7 Å². The van der Waals surface area contributed by atoms with Crippen molar-refractivity contribution in [3.05, 3.63) is 34.1 Å². The van der Waals surface area contributed by atoms with Gasteiger partial charge in [0.05, 0.1) is 5.56 Å². The van der Waals surface area contributed by atoms with Gasteiger partial charge in [0.15, 0.2) is 0 Å². The highest BCUT2D eigenvalue weighted by atomic mass is 79.9. The molecule has 0 aliphatic heterocycles. The van der Waals surface area contributed by atoms with Crippen LogP contribution in [0.4, 0.5) is 4.39 Å². The fourth-order valence-electron chi connectivity index (χ4n) is 2.42. The highest BCUT2D eigenvalue weighted by Gasteiger charge is 2.28. The predicted molar refractivity (Wildman–Crippen MR) is 79.7 cm³/mol. The molecule has 0 aliphatic rings. The quantitative estimate of drug-likeness (QED) is 0.867. The number of rotatable bonds is 3. The van der Waals surface area contributed by atoms with Crippen LogP contribution in [0.5, 0.6) is 0 Å². The number of nitrogens with one attached hydrogen (secondary N) is 1. The van der Waals surface area contributed by atoms with Gasteiger partial charge in [0.1, 0.15) is 5.82 Å². The van der Waals surface area contributed by atoms with Crippen molar-refractivity contribution in [2.45, 2.75) is 46.6 Å². The SMILES string of the molecule is CC(C)(C)CC(C)(C)NC(=O)c1cc(Br)ccc1F. The maximum absolute atomic E-state index is 13.7. The van der Waals surface area contributed by atoms with Gasteiger partial charge < -0.3 is 5.32 Å². The smallest absolute Gasteiger partial charge is 0.254 e. The minimum atomic E-state index is -0.507. The van der Waals surface area contributed by atoms with Gasteiger partial charge in [-0.25, -0.2) is 4.39 Å². The van der Waals surface area contributed by atoms with Gasteiger partial charge in [0.2, 0.25) is 0 Å². The Balaban J connectivity index is 2.87. The van der Waals surface area contributed by atoms with E-state index in [4.69, 9.17) is 0 Å². The van der Waals surface area contributed by atoms with Crippen molar-refractivity contribution >= 4 is 21.8 Å². The summed E-state index contributed by atoms with van der Waals surface area (Å²) in [4.78, 5) is 12.1. The highest BCUT2D eigenvalue weighted by Crippen LogP contribution is 2.27. The van der Waals surface area contributed by atoms with Crippen molar-refractivity contribution in [2.24, 2.45) is 5.41 Å². The summed E-state index contributed by atoms with van der Waals surface area (Å²) < 4.78 is 14.3. The number of carbonyl (C=O) groups is 1. The maximum atomic E-state index is 13.7. The number of benzene rings is 1. The lowest BCUT2D eigenvalue weighted by atomic mass is 9.81. The van der Waals surface area contributed by atoms with E-state index in [1.165, 1.54) is 12.1 Å². The standard InChI is InChI=1S/C15H21BrFNO/c1-14(2,3)9-15(4,5)18-13(19)11-8-10(16)6-7-12(11)17/h6-8H,9H2,1-5H3,(H,18,19). The van der Waals surface area contributed by atoms with Gasteiger partial charge in [0.25, 0.3) is 5.91 Å². The molecule has 0 saturated heterocycles. The zero-order valence-electron chi connectivity index (χ0n) is 12.1. The van der Waals surface area contributed by atoms with E-state index in [1.807, 2.05) is 13.8 Å². The Morgan fingerprint density at radius 3 is 2.37 bits per heavy atom. The first kappa shape index (κ1) is 16.2. The van der Waals surface area contributed by atoms with Crippen molar-refractivity contribution < 1.29 is 9.18 Å². The maximum Gasteiger partial charge on any atom is 0.254 e. The summed E-state index contributed by atoms with van der Waals surface area (Å²) in [5.74, 6) is -0.889. The van der Waals surface area contributed by atoms with E-state index in [9.17, 15) is 9.18 Å². The third-order valence-electron chi connectivity index (χ3n) is 2.60. The molecule has 1 N–H and O–H groups in total. The van der Waals surface area contributed by atoms with Crippen LogP contribution < -0.4 is 5.32 Å². The van der Waals surface area contributed by atoms with E-state index in [0.29, 0.717) is 4.47 Å². The lowest BCUT2D eigenvalue weighted by molar-refractivity contribution is 0.0887. The van der Waals surface area contributed by atoms with E-state index in [2.05, 4.69) is 42.0 Å². The van der Waals surface area contributed by atoms with Crippen LogP contribution in [0.1, 0.15) is 51.4 Å². The second kappa shape index (κ2) is 5.61. The van der Waals surface area contributed by atoms with Crippen LogP contribution in [0, 0.1) is 11.2 Å². The molecule has 1 aromatic rings. The first-order valence-corrected chi connectivity index (χ1v) is 7.07. The van der Waals surface area contributed by atoms with Gasteiger partial charge in [-0.3, -0.25) is 4.79 Å². The third-order valence-corrected chi connectivity index (χ3v) is 3.09. The molecule has 0 aliphatic carbocycles. The molecule has 0 spiro atoms.